The molecule has 0 aromatic heterocycles. The zero-order valence-electron chi connectivity index (χ0n) is 20.9. The molecule has 3 rings (SSSR count). The third kappa shape index (κ3) is 6.85. The van der Waals surface area contributed by atoms with Crippen LogP contribution in [-0.4, -0.2) is 39.8 Å². The smallest absolute Gasteiger partial charge is 0.264 e. The molecule has 1 N–H and O–H groups in total. The summed E-state index contributed by atoms with van der Waals surface area (Å²) in [6.07, 6.45) is 0. The quantitative estimate of drug-likeness (QED) is 0.303. The number of carbonyl (C=O) groups excluding carboxylic acids is 1. The van der Waals surface area contributed by atoms with E-state index in [1.165, 1.54) is 12.1 Å². The van der Waals surface area contributed by atoms with Crippen LogP contribution in [0.1, 0.15) is 31.9 Å². The van der Waals surface area contributed by atoms with Gasteiger partial charge in [-0.15, -0.1) is 0 Å². The number of amides is 1. The van der Waals surface area contributed by atoms with Crippen molar-refractivity contribution in [2.45, 2.75) is 32.6 Å². The molecule has 0 saturated carbocycles. The van der Waals surface area contributed by atoms with Crippen LogP contribution < -0.4 is 19.2 Å². The number of aryl methyl sites for hydroxylation is 1. The van der Waals surface area contributed by atoms with Crippen LogP contribution in [0.5, 0.6) is 11.5 Å². The fraction of sp³-hybridized carbons (Fsp3) is 0.259. The summed E-state index contributed by atoms with van der Waals surface area (Å²) in [4.78, 5) is 12.9. The molecule has 3 aromatic rings. The lowest BCUT2D eigenvalue weighted by molar-refractivity contribution is -0.119. The van der Waals surface area contributed by atoms with Crippen LogP contribution in [0, 0.1) is 6.92 Å². The van der Waals surface area contributed by atoms with Crippen molar-refractivity contribution in [2.75, 3.05) is 24.1 Å². The number of anilines is 1. The van der Waals surface area contributed by atoms with Crippen molar-refractivity contribution in [3.05, 3.63) is 83.9 Å². The molecule has 0 unspecified atom stereocenters. The summed E-state index contributed by atoms with van der Waals surface area (Å²) < 4.78 is 39.0. The predicted molar refractivity (Wildman–Crippen MR) is 141 cm³/mol. The van der Waals surface area contributed by atoms with E-state index in [1.54, 1.807) is 43.3 Å². The van der Waals surface area contributed by atoms with Crippen molar-refractivity contribution < 1.29 is 22.7 Å². The van der Waals surface area contributed by atoms with Gasteiger partial charge >= 0.3 is 0 Å². The Bertz CT molecular complexity index is 1290. The van der Waals surface area contributed by atoms with Crippen molar-refractivity contribution in [1.29, 1.82) is 0 Å². The Hall–Kier alpha value is -3.85. The fourth-order valence-electron chi connectivity index (χ4n) is 3.36. The maximum atomic E-state index is 13.5. The minimum absolute atomic E-state index is 0.0494. The molecule has 0 fully saturated rings. The van der Waals surface area contributed by atoms with Gasteiger partial charge in [0.25, 0.3) is 15.9 Å². The van der Waals surface area contributed by atoms with Gasteiger partial charge in [-0.25, -0.2) is 13.8 Å². The average Bonchev–Trinajstić information content (AvgIpc) is 2.87. The van der Waals surface area contributed by atoms with Crippen LogP contribution in [0.15, 0.2) is 82.8 Å². The molecule has 1 amide bonds. The van der Waals surface area contributed by atoms with E-state index in [-0.39, 0.29) is 4.90 Å². The maximum Gasteiger partial charge on any atom is 0.264 e. The number of hydrazone groups is 1. The molecule has 0 spiro atoms. The molecule has 0 radical (unpaired) electrons. The fourth-order valence-corrected chi connectivity index (χ4v) is 4.78. The minimum atomic E-state index is -4.04. The van der Waals surface area contributed by atoms with E-state index in [9.17, 15) is 13.2 Å². The topological polar surface area (TPSA) is 97.3 Å². The Balaban J connectivity index is 1.82. The molecule has 190 valence electrons. The predicted octanol–water partition coefficient (Wildman–Crippen LogP) is 4.53. The van der Waals surface area contributed by atoms with E-state index >= 15 is 0 Å². The first kappa shape index (κ1) is 26.7. The lowest BCUT2D eigenvalue weighted by Gasteiger charge is -2.24. The second-order valence-electron chi connectivity index (χ2n) is 7.94. The maximum absolute atomic E-state index is 13.5. The van der Waals surface area contributed by atoms with Gasteiger partial charge in [0.1, 0.15) is 18.0 Å². The van der Waals surface area contributed by atoms with Gasteiger partial charge in [0.05, 0.1) is 29.5 Å². The second-order valence-corrected chi connectivity index (χ2v) is 9.80. The molecule has 0 saturated heterocycles. The number of rotatable bonds is 11. The van der Waals surface area contributed by atoms with Gasteiger partial charge in [-0.05, 0) is 93.9 Å². The molecule has 0 bridgehead atoms. The summed E-state index contributed by atoms with van der Waals surface area (Å²) in [5, 5.41) is 4.16. The number of ether oxygens (including phenoxy) is 2. The third-order valence-corrected chi connectivity index (χ3v) is 7.05. The number of nitrogens with zero attached hydrogens (tertiary/aromatic N) is 2. The van der Waals surface area contributed by atoms with E-state index in [0.29, 0.717) is 30.4 Å². The van der Waals surface area contributed by atoms with Gasteiger partial charge in [-0.2, -0.15) is 5.10 Å². The summed E-state index contributed by atoms with van der Waals surface area (Å²) in [5.74, 6) is 0.733. The molecular formula is C27H31N3O5S. The van der Waals surface area contributed by atoms with Gasteiger partial charge in [0.15, 0.2) is 0 Å². The van der Waals surface area contributed by atoms with Crippen LogP contribution in [-0.2, 0) is 14.8 Å². The van der Waals surface area contributed by atoms with Crippen molar-refractivity contribution in [3.63, 3.8) is 0 Å². The molecule has 9 heteroatoms. The Kier molecular flexibility index (Phi) is 9.08. The summed E-state index contributed by atoms with van der Waals surface area (Å²) in [7, 11) is -4.04. The molecule has 3 aromatic carbocycles. The lowest BCUT2D eigenvalue weighted by Crippen LogP contribution is -2.39. The molecule has 0 atom stereocenters. The van der Waals surface area contributed by atoms with Gasteiger partial charge in [-0.3, -0.25) is 9.10 Å². The molecule has 36 heavy (non-hydrogen) atoms. The first-order chi connectivity index (χ1) is 17.2. The van der Waals surface area contributed by atoms with Crippen LogP contribution in [0.4, 0.5) is 5.69 Å². The number of benzene rings is 3. The standard InChI is InChI=1S/C27H31N3O5S/c1-5-34-24-13-9-22(10-14-24)21(4)28-29-27(31)19-30(23-11-7-20(3)8-12-23)36(32,33)26-17-15-25(16-18-26)35-6-2/h7-18H,5-6,19H2,1-4H3,(H,29,31). The highest BCUT2D eigenvalue weighted by Gasteiger charge is 2.27. The first-order valence-electron chi connectivity index (χ1n) is 11.6. The summed E-state index contributed by atoms with van der Waals surface area (Å²) >= 11 is 0. The zero-order chi connectivity index (χ0) is 26.1. The first-order valence-corrected chi connectivity index (χ1v) is 13.1. The van der Waals surface area contributed by atoms with Crippen LogP contribution in [0.25, 0.3) is 0 Å². The number of carbonyl (C=O) groups is 1. The van der Waals surface area contributed by atoms with Gasteiger partial charge in [0, 0.05) is 0 Å². The third-order valence-electron chi connectivity index (χ3n) is 5.26. The van der Waals surface area contributed by atoms with Crippen molar-refractivity contribution in [2.24, 2.45) is 5.10 Å². The number of hydrogen-bond acceptors (Lipinski definition) is 6. The second kappa shape index (κ2) is 12.2. The number of sulfonamides is 1. The Morgan fingerprint density at radius 2 is 1.39 bits per heavy atom. The van der Waals surface area contributed by atoms with Crippen molar-refractivity contribution in [1.82, 2.24) is 5.43 Å². The van der Waals surface area contributed by atoms with Crippen LogP contribution in [0.3, 0.4) is 0 Å². The number of hydrogen-bond donors (Lipinski definition) is 1. The zero-order valence-corrected chi connectivity index (χ0v) is 21.7. The molecule has 0 aliphatic carbocycles. The van der Waals surface area contributed by atoms with Crippen molar-refractivity contribution >= 4 is 27.3 Å². The van der Waals surface area contributed by atoms with Crippen LogP contribution >= 0.6 is 0 Å². The van der Waals surface area contributed by atoms with Gasteiger partial charge < -0.3 is 9.47 Å². The molecule has 0 heterocycles. The Morgan fingerprint density at radius 3 is 1.92 bits per heavy atom. The highest BCUT2D eigenvalue weighted by Crippen LogP contribution is 2.25. The summed E-state index contributed by atoms with van der Waals surface area (Å²) in [6.45, 7) is 8.01. The van der Waals surface area contributed by atoms with Gasteiger partial charge in [-0.1, -0.05) is 17.7 Å². The Morgan fingerprint density at radius 1 is 0.861 bits per heavy atom. The van der Waals surface area contributed by atoms with E-state index in [4.69, 9.17) is 9.47 Å². The van der Waals surface area contributed by atoms with E-state index in [1.807, 2.05) is 45.0 Å². The normalized spacial score (nSPS) is 11.6. The van der Waals surface area contributed by atoms with Gasteiger partial charge in [0.2, 0.25) is 0 Å². The summed E-state index contributed by atoms with van der Waals surface area (Å²) in [6, 6.07) is 20.4. The van der Waals surface area contributed by atoms with E-state index in [0.717, 1.165) is 21.2 Å². The minimum Gasteiger partial charge on any atom is -0.494 e. The molecular weight excluding hydrogens is 478 g/mol. The monoisotopic (exact) mass is 509 g/mol. The largest absolute Gasteiger partial charge is 0.494 e. The molecule has 8 nitrogen and oxygen atoms in total. The SMILES string of the molecule is CCOc1ccc(C(C)=NNC(=O)CN(c2ccc(C)cc2)S(=O)(=O)c2ccc(OCC)cc2)cc1. The Labute approximate surface area is 212 Å². The molecule has 0 aliphatic rings. The number of nitrogens with one attached hydrogen (secondary N) is 1. The highest BCUT2D eigenvalue weighted by atomic mass is 32.2. The molecule has 0 aliphatic heterocycles. The van der Waals surface area contributed by atoms with Crippen LogP contribution in [0.2, 0.25) is 0 Å². The summed E-state index contributed by atoms with van der Waals surface area (Å²) in [5.41, 5.74) is 5.19. The van der Waals surface area contributed by atoms with E-state index in [2.05, 4.69) is 10.5 Å². The highest BCUT2D eigenvalue weighted by molar-refractivity contribution is 7.92. The lowest BCUT2D eigenvalue weighted by atomic mass is 10.1. The average molecular weight is 510 g/mol. The van der Waals surface area contributed by atoms with Crippen molar-refractivity contribution in [3.8, 4) is 11.5 Å². The van der Waals surface area contributed by atoms with E-state index < -0.39 is 22.5 Å².